The third kappa shape index (κ3) is 9.47. The van der Waals surface area contributed by atoms with E-state index in [1.807, 2.05) is 0 Å². The monoisotopic (exact) mass is 814 g/mol. The standard InChI is InChI=1S/C58H48N3Si/c62-58(43-46-31-37-55(38-32-46)59(49-19-7-1-8-20-49)50-21-9-2-10-22-50,44-47-33-39-56(40-34-47)60(51-23-11-3-12-24-51)52-25-13-4-14-26-52)45-48-35-41-57(42-36-48)61(53-27-15-5-16-28-53)54-29-17-6-18-30-54/h1-42H,43-45H2. The quantitative estimate of drug-likeness (QED) is 0.0955. The predicted octanol–water partition coefficient (Wildman–Crippen LogP) is 15.5. The highest BCUT2D eigenvalue weighted by atomic mass is 28.1. The molecule has 0 aliphatic rings. The summed E-state index contributed by atoms with van der Waals surface area (Å²) in [6.45, 7) is 0. The third-order valence-electron chi connectivity index (χ3n) is 11.3. The molecule has 3 nitrogen and oxygen atoms in total. The Bertz CT molecular complexity index is 2300. The summed E-state index contributed by atoms with van der Waals surface area (Å²) in [4.78, 5) is 6.95. The number of hydrogen-bond acceptors (Lipinski definition) is 3. The second-order valence-corrected chi connectivity index (χ2v) is 16.9. The second kappa shape index (κ2) is 18.9. The Morgan fingerprint density at radius 2 is 0.387 bits per heavy atom. The molecule has 0 atom stereocenters. The first-order chi connectivity index (χ1) is 30.6. The van der Waals surface area contributed by atoms with Crippen LogP contribution in [-0.2, 0) is 19.3 Å². The van der Waals surface area contributed by atoms with E-state index in [1.165, 1.54) is 16.7 Å². The topological polar surface area (TPSA) is 9.72 Å². The molecule has 0 fully saturated rings. The molecule has 0 unspecified atom stereocenters. The maximum absolute atomic E-state index is 4.50. The summed E-state index contributed by atoms with van der Waals surface area (Å²) in [5, 5.41) is -0.278. The van der Waals surface area contributed by atoms with Crippen LogP contribution in [-0.4, -0.2) is 10.2 Å². The predicted molar refractivity (Wildman–Crippen MR) is 263 cm³/mol. The van der Waals surface area contributed by atoms with Crippen molar-refractivity contribution in [2.45, 2.75) is 24.3 Å². The molecule has 0 bridgehead atoms. The fraction of sp³-hybridized carbons (Fsp3) is 0.0690. The van der Waals surface area contributed by atoms with Crippen LogP contribution in [0.2, 0.25) is 5.04 Å². The zero-order chi connectivity index (χ0) is 42.0. The van der Waals surface area contributed by atoms with E-state index in [1.54, 1.807) is 0 Å². The van der Waals surface area contributed by atoms with Crippen molar-refractivity contribution in [3.05, 3.63) is 271 Å². The Hall–Kier alpha value is -7.40. The van der Waals surface area contributed by atoms with E-state index in [0.717, 1.165) is 70.4 Å². The van der Waals surface area contributed by atoms with Crippen LogP contribution in [0.5, 0.6) is 0 Å². The molecule has 0 heterocycles. The van der Waals surface area contributed by atoms with Crippen molar-refractivity contribution < 1.29 is 0 Å². The Morgan fingerprint density at radius 1 is 0.226 bits per heavy atom. The van der Waals surface area contributed by atoms with Gasteiger partial charge in [-0.25, -0.2) is 0 Å². The van der Waals surface area contributed by atoms with E-state index in [0.29, 0.717) is 0 Å². The van der Waals surface area contributed by atoms with Crippen molar-refractivity contribution in [1.82, 2.24) is 0 Å². The van der Waals surface area contributed by atoms with Crippen molar-refractivity contribution in [2.75, 3.05) is 14.7 Å². The van der Waals surface area contributed by atoms with Crippen molar-refractivity contribution in [3.8, 4) is 0 Å². The number of rotatable bonds is 15. The molecule has 3 radical (unpaired) electrons. The fourth-order valence-corrected chi connectivity index (χ4v) is 9.06. The average Bonchev–Trinajstić information content (AvgIpc) is 3.33. The summed E-state index contributed by atoms with van der Waals surface area (Å²) in [6.07, 6.45) is 2.51. The summed E-state index contributed by atoms with van der Waals surface area (Å²) in [7, 11) is 4.50. The summed E-state index contributed by atoms with van der Waals surface area (Å²) in [5.41, 5.74) is 14.0. The van der Waals surface area contributed by atoms with Gasteiger partial charge in [0.25, 0.3) is 0 Å². The smallest absolute Gasteiger partial charge is 0.0461 e. The van der Waals surface area contributed by atoms with Gasteiger partial charge < -0.3 is 14.7 Å². The van der Waals surface area contributed by atoms with Crippen LogP contribution in [0.15, 0.2) is 255 Å². The molecular formula is C58H48N3Si. The van der Waals surface area contributed by atoms with Crippen LogP contribution >= 0.6 is 0 Å². The van der Waals surface area contributed by atoms with Gasteiger partial charge in [-0.05, 0) is 150 Å². The SMILES string of the molecule is [Si]C(Cc1ccc(N(c2ccccc2)c2ccccc2)cc1)(Cc1ccc(N(c2ccccc2)c2ccccc2)cc1)Cc1ccc(N(c2ccccc2)c2ccccc2)cc1. The molecule has 9 rings (SSSR count). The highest BCUT2D eigenvalue weighted by molar-refractivity contribution is 6.15. The molecule has 9 aromatic carbocycles. The van der Waals surface area contributed by atoms with Crippen molar-refractivity contribution in [3.63, 3.8) is 0 Å². The summed E-state index contributed by atoms with van der Waals surface area (Å²) < 4.78 is 0. The minimum Gasteiger partial charge on any atom is -0.311 e. The maximum atomic E-state index is 4.50. The lowest BCUT2D eigenvalue weighted by Gasteiger charge is -2.32. The molecule has 0 aromatic heterocycles. The molecule has 0 saturated heterocycles. The van der Waals surface area contributed by atoms with Crippen molar-refractivity contribution >= 4 is 61.4 Å². The summed E-state index contributed by atoms with van der Waals surface area (Å²) in [5.74, 6) is 0. The van der Waals surface area contributed by atoms with E-state index in [-0.39, 0.29) is 5.04 Å². The Morgan fingerprint density at radius 3 is 0.565 bits per heavy atom. The number of nitrogens with zero attached hydrogens (tertiary/aromatic N) is 3. The third-order valence-corrected chi connectivity index (χ3v) is 11.8. The molecule has 62 heavy (non-hydrogen) atoms. The van der Waals surface area contributed by atoms with Gasteiger partial charge in [-0.2, -0.15) is 0 Å². The minimum atomic E-state index is -0.278. The van der Waals surface area contributed by atoms with Crippen molar-refractivity contribution in [2.24, 2.45) is 0 Å². The zero-order valence-electron chi connectivity index (χ0n) is 34.7. The fourth-order valence-electron chi connectivity index (χ4n) is 8.45. The molecule has 0 saturated carbocycles. The highest BCUT2D eigenvalue weighted by Crippen LogP contribution is 2.41. The first-order valence-electron chi connectivity index (χ1n) is 21.3. The summed E-state index contributed by atoms with van der Waals surface area (Å²) >= 11 is 0. The van der Waals surface area contributed by atoms with E-state index >= 15 is 0 Å². The molecule has 0 spiro atoms. The van der Waals surface area contributed by atoms with Crippen LogP contribution in [0.1, 0.15) is 16.7 Å². The van der Waals surface area contributed by atoms with E-state index in [9.17, 15) is 0 Å². The largest absolute Gasteiger partial charge is 0.311 e. The van der Waals surface area contributed by atoms with Crippen LogP contribution in [0, 0.1) is 0 Å². The summed E-state index contributed by atoms with van der Waals surface area (Å²) in [6, 6.07) is 90.9. The van der Waals surface area contributed by atoms with Crippen LogP contribution in [0.25, 0.3) is 0 Å². The second-order valence-electron chi connectivity index (χ2n) is 15.8. The molecule has 299 valence electrons. The first kappa shape index (κ1) is 40.0. The Kier molecular flexibility index (Phi) is 12.2. The van der Waals surface area contributed by atoms with Gasteiger partial charge in [-0.3, -0.25) is 0 Å². The van der Waals surface area contributed by atoms with Gasteiger partial charge in [0.15, 0.2) is 0 Å². The molecule has 9 aromatic rings. The Balaban J connectivity index is 1.03. The van der Waals surface area contributed by atoms with E-state index in [2.05, 4.69) is 280 Å². The maximum Gasteiger partial charge on any atom is 0.0461 e. The van der Waals surface area contributed by atoms with Crippen molar-refractivity contribution in [1.29, 1.82) is 0 Å². The number of hydrogen-bond donors (Lipinski definition) is 0. The van der Waals surface area contributed by atoms with Gasteiger partial charge in [0, 0.05) is 61.4 Å². The van der Waals surface area contributed by atoms with Gasteiger partial charge >= 0.3 is 0 Å². The van der Waals surface area contributed by atoms with Crippen LogP contribution < -0.4 is 14.7 Å². The van der Waals surface area contributed by atoms with Gasteiger partial charge in [-0.15, -0.1) is 0 Å². The van der Waals surface area contributed by atoms with Gasteiger partial charge in [0.2, 0.25) is 0 Å². The lowest BCUT2D eigenvalue weighted by molar-refractivity contribution is 0.546. The van der Waals surface area contributed by atoms with Crippen LogP contribution in [0.3, 0.4) is 0 Å². The normalized spacial score (nSPS) is 11.2. The van der Waals surface area contributed by atoms with E-state index in [4.69, 9.17) is 0 Å². The molecule has 0 N–H and O–H groups in total. The molecule has 0 aliphatic carbocycles. The van der Waals surface area contributed by atoms with Gasteiger partial charge in [0.1, 0.15) is 0 Å². The Labute approximate surface area is 370 Å². The molecule has 4 heteroatoms. The molecular weight excluding hydrogens is 767 g/mol. The van der Waals surface area contributed by atoms with E-state index < -0.39 is 0 Å². The molecule has 0 aliphatic heterocycles. The molecule has 0 amide bonds. The zero-order valence-corrected chi connectivity index (χ0v) is 35.7. The van der Waals surface area contributed by atoms with Crippen LogP contribution in [0.4, 0.5) is 51.2 Å². The number of benzene rings is 9. The number of anilines is 9. The lowest BCUT2D eigenvalue weighted by atomic mass is 9.85. The first-order valence-corrected chi connectivity index (χ1v) is 21.8. The van der Waals surface area contributed by atoms with Gasteiger partial charge in [-0.1, -0.05) is 146 Å². The number of para-hydroxylation sites is 6. The minimum absolute atomic E-state index is 0.278. The van der Waals surface area contributed by atoms with Gasteiger partial charge in [0.05, 0.1) is 0 Å². The lowest BCUT2D eigenvalue weighted by Crippen LogP contribution is -2.23. The highest BCUT2D eigenvalue weighted by Gasteiger charge is 2.27. The average molecular weight is 815 g/mol.